The van der Waals surface area contributed by atoms with Crippen LogP contribution in [-0.4, -0.2) is 18.9 Å². The molecule has 1 aromatic rings. The highest BCUT2D eigenvalue weighted by atomic mass is 35.5. The average molecular weight is 225 g/mol. The molecule has 0 aromatic heterocycles. The van der Waals surface area contributed by atoms with Crippen molar-refractivity contribution in [2.24, 2.45) is 5.92 Å². The third-order valence-electron chi connectivity index (χ3n) is 2.77. The number of halogens is 1. The van der Waals surface area contributed by atoms with Gasteiger partial charge in [0.05, 0.1) is 0 Å². The molecule has 2 rings (SSSR count). The minimum atomic E-state index is 0. The summed E-state index contributed by atoms with van der Waals surface area (Å²) in [7, 11) is 0. The SMILES string of the molecule is O=C(c1ccccc1)C1CCNCC1.[Cl-]. The minimum Gasteiger partial charge on any atom is -1.00 e. The monoisotopic (exact) mass is 224 g/mol. The van der Waals surface area contributed by atoms with Gasteiger partial charge in [-0.3, -0.25) is 4.79 Å². The van der Waals surface area contributed by atoms with Crippen LogP contribution in [0.1, 0.15) is 23.2 Å². The fourth-order valence-corrected chi connectivity index (χ4v) is 1.92. The Morgan fingerprint density at radius 2 is 1.73 bits per heavy atom. The topological polar surface area (TPSA) is 29.1 Å². The number of rotatable bonds is 2. The van der Waals surface area contributed by atoms with Gasteiger partial charge >= 0.3 is 0 Å². The van der Waals surface area contributed by atoms with Gasteiger partial charge in [-0.25, -0.2) is 0 Å². The molecule has 1 N–H and O–H groups in total. The first kappa shape index (κ1) is 12.2. The number of piperidine rings is 1. The summed E-state index contributed by atoms with van der Waals surface area (Å²) in [5.74, 6) is 0.547. The third-order valence-corrected chi connectivity index (χ3v) is 2.77. The van der Waals surface area contributed by atoms with Crippen molar-refractivity contribution >= 4 is 5.78 Å². The Kier molecular flexibility index (Phi) is 4.79. The van der Waals surface area contributed by atoms with E-state index in [1.165, 1.54) is 0 Å². The maximum atomic E-state index is 12.0. The molecule has 1 heterocycles. The zero-order valence-corrected chi connectivity index (χ0v) is 9.33. The largest absolute Gasteiger partial charge is 1.00 e. The molecule has 0 spiro atoms. The van der Waals surface area contributed by atoms with Gasteiger partial charge in [0, 0.05) is 11.5 Å². The molecule has 2 nitrogen and oxygen atoms in total. The van der Waals surface area contributed by atoms with Crippen molar-refractivity contribution in [3.8, 4) is 0 Å². The van der Waals surface area contributed by atoms with Gasteiger partial charge < -0.3 is 17.7 Å². The zero-order chi connectivity index (χ0) is 9.80. The lowest BCUT2D eigenvalue weighted by Gasteiger charge is -2.21. The normalized spacial score (nSPS) is 16.8. The second-order valence-electron chi connectivity index (χ2n) is 3.75. The van der Waals surface area contributed by atoms with Crippen LogP contribution in [0.3, 0.4) is 0 Å². The van der Waals surface area contributed by atoms with Gasteiger partial charge in [0.15, 0.2) is 5.78 Å². The molecule has 0 aliphatic carbocycles. The summed E-state index contributed by atoms with van der Waals surface area (Å²) in [5.41, 5.74) is 0.861. The van der Waals surface area contributed by atoms with Crippen LogP contribution in [0.15, 0.2) is 30.3 Å². The zero-order valence-electron chi connectivity index (χ0n) is 8.58. The summed E-state index contributed by atoms with van der Waals surface area (Å²) in [6, 6.07) is 9.61. The maximum Gasteiger partial charge on any atom is 0.166 e. The van der Waals surface area contributed by atoms with Gasteiger partial charge in [-0.1, -0.05) is 30.3 Å². The number of Topliss-reactive ketones (excluding diaryl/α,β-unsaturated/α-hetero) is 1. The van der Waals surface area contributed by atoms with E-state index in [1.807, 2.05) is 30.3 Å². The molecule has 1 fully saturated rings. The van der Waals surface area contributed by atoms with E-state index in [9.17, 15) is 4.79 Å². The van der Waals surface area contributed by atoms with Crippen molar-refractivity contribution in [1.29, 1.82) is 0 Å². The molecular formula is C12H15ClNO-. The van der Waals surface area contributed by atoms with Crippen LogP contribution >= 0.6 is 0 Å². The lowest BCUT2D eigenvalue weighted by Crippen LogP contribution is -3.00. The highest BCUT2D eigenvalue weighted by molar-refractivity contribution is 5.97. The molecule has 0 saturated carbocycles. The van der Waals surface area contributed by atoms with E-state index < -0.39 is 0 Å². The summed E-state index contributed by atoms with van der Waals surface area (Å²) < 4.78 is 0. The number of ketones is 1. The molecule has 0 atom stereocenters. The van der Waals surface area contributed by atoms with Crippen LogP contribution in [0.25, 0.3) is 0 Å². The van der Waals surface area contributed by atoms with Gasteiger partial charge in [-0.15, -0.1) is 0 Å². The van der Waals surface area contributed by atoms with Crippen LogP contribution in [-0.2, 0) is 0 Å². The minimum absolute atomic E-state index is 0. The predicted octanol–water partition coefficient (Wildman–Crippen LogP) is -1.13. The highest BCUT2D eigenvalue weighted by Gasteiger charge is 2.21. The lowest BCUT2D eigenvalue weighted by atomic mass is 9.90. The maximum absolute atomic E-state index is 12.0. The Bertz CT molecular complexity index is 307. The third kappa shape index (κ3) is 3.05. The van der Waals surface area contributed by atoms with Crippen molar-refractivity contribution in [1.82, 2.24) is 5.32 Å². The number of carbonyl (C=O) groups excluding carboxylic acids is 1. The van der Waals surface area contributed by atoms with E-state index in [2.05, 4.69) is 5.32 Å². The number of hydrogen-bond donors (Lipinski definition) is 1. The molecule has 82 valence electrons. The first-order valence-corrected chi connectivity index (χ1v) is 5.18. The lowest BCUT2D eigenvalue weighted by molar-refractivity contribution is -0.0000109. The average Bonchev–Trinajstić information content (AvgIpc) is 2.30. The Morgan fingerprint density at radius 3 is 2.33 bits per heavy atom. The molecular weight excluding hydrogens is 210 g/mol. The molecule has 1 aliphatic rings. The molecule has 0 bridgehead atoms. The molecule has 0 radical (unpaired) electrons. The number of hydrogen-bond acceptors (Lipinski definition) is 2. The van der Waals surface area contributed by atoms with Crippen molar-refractivity contribution in [2.75, 3.05) is 13.1 Å². The number of carbonyl (C=O) groups is 1. The number of nitrogens with one attached hydrogen (secondary N) is 1. The van der Waals surface area contributed by atoms with Gasteiger partial charge in [-0.05, 0) is 25.9 Å². The van der Waals surface area contributed by atoms with E-state index in [0.717, 1.165) is 31.5 Å². The van der Waals surface area contributed by atoms with Crippen molar-refractivity contribution in [3.05, 3.63) is 35.9 Å². The van der Waals surface area contributed by atoms with Gasteiger partial charge in [0.25, 0.3) is 0 Å². The van der Waals surface area contributed by atoms with E-state index in [1.54, 1.807) is 0 Å². The second-order valence-corrected chi connectivity index (χ2v) is 3.75. The quantitative estimate of drug-likeness (QED) is 0.645. The Hall–Kier alpha value is -0.860. The Labute approximate surface area is 96.5 Å². The summed E-state index contributed by atoms with van der Waals surface area (Å²) in [6.07, 6.45) is 1.96. The van der Waals surface area contributed by atoms with Crippen LogP contribution in [0, 0.1) is 5.92 Å². The van der Waals surface area contributed by atoms with Gasteiger partial charge in [-0.2, -0.15) is 0 Å². The van der Waals surface area contributed by atoms with Gasteiger partial charge in [0.1, 0.15) is 0 Å². The van der Waals surface area contributed by atoms with Crippen LogP contribution < -0.4 is 17.7 Å². The summed E-state index contributed by atoms with van der Waals surface area (Å²) in [5, 5.41) is 3.27. The first-order chi connectivity index (χ1) is 6.88. The molecule has 0 unspecified atom stereocenters. The number of benzene rings is 1. The van der Waals surface area contributed by atoms with E-state index in [4.69, 9.17) is 0 Å². The van der Waals surface area contributed by atoms with E-state index in [-0.39, 0.29) is 18.3 Å². The smallest absolute Gasteiger partial charge is 0.166 e. The summed E-state index contributed by atoms with van der Waals surface area (Å²) in [6.45, 7) is 1.95. The fraction of sp³-hybridized carbons (Fsp3) is 0.417. The first-order valence-electron chi connectivity index (χ1n) is 5.18. The van der Waals surface area contributed by atoms with Crippen molar-refractivity contribution in [3.63, 3.8) is 0 Å². The fourth-order valence-electron chi connectivity index (χ4n) is 1.92. The Morgan fingerprint density at radius 1 is 1.13 bits per heavy atom. The molecule has 1 aromatic carbocycles. The van der Waals surface area contributed by atoms with Crippen molar-refractivity contribution < 1.29 is 17.2 Å². The molecule has 3 heteroatoms. The van der Waals surface area contributed by atoms with Crippen molar-refractivity contribution in [2.45, 2.75) is 12.8 Å². The van der Waals surface area contributed by atoms with E-state index >= 15 is 0 Å². The second kappa shape index (κ2) is 5.89. The Balaban J connectivity index is 0.00000112. The molecule has 15 heavy (non-hydrogen) atoms. The summed E-state index contributed by atoms with van der Waals surface area (Å²) >= 11 is 0. The standard InChI is InChI=1S/C12H15NO.ClH/c14-12(10-4-2-1-3-5-10)11-6-8-13-9-7-11;/h1-5,11,13H,6-9H2;1H/p-1. The van der Waals surface area contributed by atoms with Gasteiger partial charge in [0.2, 0.25) is 0 Å². The van der Waals surface area contributed by atoms with Crippen LogP contribution in [0.2, 0.25) is 0 Å². The van der Waals surface area contributed by atoms with E-state index in [0.29, 0.717) is 5.78 Å². The molecule has 1 aliphatic heterocycles. The van der Waals surface area contributed by atoms with Crippen LogP contribution in [0.5, 0.6) is 0 Å². The molecule has 0 amide bonds. The predicted molar refractivity (Wildman–Crippen MR) is 56.4 cm³/mol. The highest BCUT2D eigenvalue weighted by Crippen LogP contribution is 2.17. The molecule has 1 saturated heterocycles. The summed E-state index contributed by atoms with van der Waals surface area (Å²) in [4.78, 5) is 12.0. The van der Waals surface area contributed by atoms with Crippen LogP contribution in [0.4, 0.5) is 0 Å².